The second-order valence-corrected chi connectivity index (χ2v) is 3.43. The predicted molar refractivity (Wildman–Crippen MR) is 51.2 cm³/mol. The van der Waals surface area contributed by atoms with Crippen molar-refractivity contribution < 1.29 is 4.92 Å². The number of nitro groups is 1. The van der Waals surface area contributed by atoms with Gasteiger partial charge in [0.2, 0.25) is 0 Å². The summed E-state index contributed by atoms with van der Waals surface area (Å²) in [6.07, 6.45) is 1.43. The number of pyridine rings is 1. The van der Waals surface area contributed by atoms with Gasteiger partial charge in [0.1, 0.15) is 4.47 Å². The van der Waals surface area contributed by atoms with Gasteiger partial charge in [-0.1, -0.05) is 15.9 Å². The maximum atomic E-state index is 10.4. The van der Waals surface area contributed by atoms with Gasteiger partial charge < -0.3 is 0 Å². The average molecular weight is 296 g/mol. The molecule has 0 fully saturated rings. The molecular weight excluding hydrogens is 292 g/mol. The van der Waals surface area contributed by atoms with Crippen molar-refractivity contribution in [2.45, 2.75) is 5.33 Å². The third kappa shape index (κ3) is 2.01. The predicted octanol–water partition coefficient (Wildman–Crippen LogP) is 2.65. The maximum Gasteiger partial charge on any atom is 0.286 e. The van der Waals surface area contributed by atoms with Gasteiger partial charge in [0.25, 0.3) is 5.69 Å². The molecule has 1 aromatic rings. The summed E-state index contributed by atoms with van der Waals surface area (Å²) in [5, 5.41) is 10.9. The number of nitrogens with zero attached hydrogens (tertiary/aromatic N) is 2. The van der Waals surface area contributed by atoms with Crippen LogP contribution in [0.1, 0.15) is 5.69 Å². The summed E-state index contributed by atoms with van der Waals surface area (Å²) >= 11 is 6.21. The molecule has 12 heavy (non-hydrogen) atoms. The van der Waals surface area contributed by atoms with E-state index in [9.17, 15) is 10.1 Å². The summed E-state index contributed by atoms with van der Waals surface area (Å²) in [5.41, 5.74) is 0.685. The first-order valence-corrected chi connectivity index (χ1v) is 4.91. The van der Waals surface area contributed by atoms with Crippen molar-refractivity contribution in [2.24, 2.45) is 0 Å². The van der Waals surface area contributed by atoms with E-state index in [1.807, 2.05) is 0 Å². The fourth-order valence-electron chi connectivity index (χ4n) is 0.683. The Morgan fingerprint density at radius 2 is 2.33 bits per heavy atom. The molecule has 4 nitrogen and oxygen atoms in total. The Morgan fingerprint density at radius 3 is 2.83 bits per heavy atom. The molecule has 0 aliphatic heterocycles. The van der Waals surface area contributed by atoms with Crippen molar-refractivity contribution in [3.05, 3.63) is 32.5 Å². The summed E-state index contributed by atoms with van der Waals surface area (Å²) < 4.78 is 0.400. The largest absolute Gasteiger partial charge is 0.286 e. The molecular formula is C6H4Br2N2O2. The smallest absolute Gasteiger partial charge is 0.259 e. The van der Waals surface area contributed by atoms with Crippen molar-refractivity contribution >= 4 is 37.5 Å². The Bertz CT molecular complexity index is 316. The van der Waals surface area contributed by atoms with Gasteiger partial charge in [-0.25, -0.2) is 0 Å². The van der Waals surface area contributed by atoms with Crippen molar-refractivity contribution in [1.82, 2.24) is 4.98 Å². The van der Waals surface area contributed by atoms with Crippen LogP contribution in [0.15, 0.2) is 16.7 Å². The summed E-state index contributed by atoms with van der Waals surface area (Å²) in [6.45, 7) is 0. The van der Waals surface area contributed by atoms with Crippen molar-refractivity contribution in [1.29, 1.82) is 0 Å². The van der Waals surface area contributed by atoms with E-state index in [1.165, 1.54) is 12.3 Å². The zero-order chi connectivity index (χ0) is 9.14. The third-order valence-electron chi connectivity index (χ3n) is 1.23. The lowest BCUT2D eigenvalue weighted by atomic mass is 10.3. The van der Waals surface area contributed by atoms with E-state index in [0.29, 0.717) is 15.5 Å². The van der Waals surface area contributed by atoms with Gasteiger partial charge in [-0.15, -0.1) is 0 Å². The first kappa shape index (κ1) is 9.60. The Kier molecular flexibility index (Phi) is 3.16. The highest BCUT2D eigenvalue weighted by molar-refractivity contribution is 9.10. The van der Waals surface area contributed by atoms with E-state index in [-0.39, 0.29) is 5.69 Å². The molecule has 1 aromatic heterocycles. The molecule has 1 heterocycles. The Morgan fingerprint density at radius 1 is 1.67 bits per heavy atom. The number of rotatable bonds is 2. The van der Waals surface area contributed by atoms with Crippen LogP contribution < -0.4 is 0 Å². The molecule has 0 N–H and O–H groups in total. The van der Waals surface area contributed by atoms with Crippen LogP contribution in [0.4, 0.5) is 5.69 Å². The van der Waals surface area contributed by atoms with Crippen LogP contribution in [-0.4, -0.2) is 9.91 Å². The Hall–Kier alpha value is -0.490. The van der Waals surface area contributed by atoms with Gasteiger partial charge in [-0.05, 0) is 15.9 Å². The normalized spacial score (nSPS) is 9.83. The highest BCUT2D eigenvalue weighted by atomic mass is 79.9. The van der Waals surface area contributed by atoms with E-state index in [4.69, 9.17) is 0 Å². The average Bonchev–Trinajstić information content (AvgIpc) is 2.05. The molecule has 0 aliphatic carbocycles. The van der Waals surface area contributed by atoms with Crippen LogP contribution in [0, 0.1) is 10.1 Å². The number of aromatic nitrogens is 1. The topological polar surface area (TPSA) is 56.0 Å². The van der Waals surface area contributed by atoms with E-state index < -0.39 is 4.92 Å². The molecule has 0 amide bonds. The second-order valence-electron chi connectivity index (χ2n) is 2.02. The second kappa shape index (κ2) is 3.95. The molecule has 64 valence electrons. The fourth-order valence-corrected chi connectivity index (χ4v) is 1.35. The molecule has 0 unspecified atom stereocenters. The van der Waals surface area contributed by atoms with Crippen molar-refractivity contribution in [3.63, 3.8) is 0 Å². The van der Waals surface area contributed by atoms with Crippen LogP contribution in [0.5, 0.6) is 0 Å². The van der Waals surface area contributed by atoms with E-state index in [0.717, 1.165) is 0 Å². The summed E-state index contributed by atoms with van der Waals surface area (Å²) in [4.78, 5) is 13.9. The molecule has 0 radical (unpaired) electrons. The zero-order valence-corrected chi connectivity index (χ0v) is 9.00. The number of hydrogen-bond acceptors (Lipinski definition) is 3. The van der Waals surface area contributed by atoms with Crippen LogP contribution in [0.25, 0.3) is 0 Å². The first-order chi connectivity index (χ1) is 5.65. The molecule has 0 atom stereocenters. The molecule has 0 spiro atoms. The Labute approximate surface area is 85.4 Å². The summed E-state index contributed by atoms with van der Waals surface area (Å²) in [7, 11) is 0. The third-order valence-corrected chi connectivity index (χ3v) is 2.41. The minimum absolute atomic E-state index is 0.0412. The van der Waals surface area contributed by atoms with Gasteiger partial charge in [0.15, 0.2) is 0 Å². The lowest BCUT2D eigenvalue weighted by molar-refractivity contribution is -0.385. The monoisotopic (exact) mass is 294 g/mol. The zero-order valence-electron chi connectivity index (χ0n) is 5.83. The number of hydrogen-bond donors (Lipinski definition) is 0. The van der Waals surface area contributed by atoms with Gasteiger partial charge in [-0.2, -0.15) is 0 Å². The van der Waals surface area contributed by atoms with Gasteiger partial charge in [0.05, 0.1) is 10.6 Å². The summed E-state index contributed by atoms with van der Waals surface area (Å²) in [6, 6.07) is 1.43. The highest BCUT2D eigenvalue weighted by Gasteiger charge is 2.12. The number of alkyl halides is 1. The molecule has 1 rings (SSSR count). The lowest BCUT2D eigenvalue weighted by Crippen LogP contribution is -1.93. The Balaban J connectivity index is 3.17. The standard InChI is InChI=1S/C6H4Br2N2O2/c7-2-4-1-6(10(11)12)5(8)3-9-4/h1,3H,2H2. The minimum atomic E-state index is -0.447. The molecule has 6 heteroatoms. The summed E-state index contributed by atoms with van der Waals surface area (Å²) in [5.74, 6) is 0. The van der Waals surface area contributed by atoms with Crippen LogP contribution >= 0.6 is 31.9 Å². The van der Waals surface area contributed by atoms with Crippen molar-refractivity contribution in [2.75, 3.05) is 0 Å². The van der Waals surface area contributed by atoms with E-state index in [2.05, 4.69) is 36.8 Å². The fraction of sp³-hybridized carbons (Fsp3) is 0.167. The first-order valence-electron chi connectivity index (χ1n) is 3.00. The van der Waals surface area contributed by atoms with Crippen LogP contribution in [0.2, 0.25) is 0 Å². The molecule has 0 saturated carbocycles. The van der Waals surface area contributed by atoms with Crippen LogP contribution in [-0.2, 0) is 5.33 Å². The van der Waals surface area contributed by atoms with Crippen LogP contribution in [0.3, 0.4) is 0 Å². The van der Waals surface area contributed by atoms with Gasteiger partial charge >= 0.3 is 0 Å². The SMILES string of the molecule is O=[N+]([O-])c1cc(CBr)ncc1Br. The number of halogens is 2. The van der Waals surface area contributed by atoms with E-state index in [1.54, 1.807) is 0 Å². The van der Waals surface area contributed by atoms with Gasteiger partial charge in [-0.3, -0.25) is 15.1 Å². The molecule has 0 saturated heterocycles. The highest BCUT2D eigenvalue weighted by Crippen LogP contribution is 2.24. The molecule has 0 aliphatic rings. The molecule has 0 bridgehead atoms. The minimum Gasteiger partial charge on any atom is -0.259 e. The maximum absolute atomic E-state index is 10.4. The van der Waals surface area contributed by atoms with Crippen molar-refractivity contribution in [3.8, 4) is 0 Å². The quantitative estimate of drug-likeness (QED) is 0.479. The van der Waals surface area contributed by atoms with Gasteiger partial charge in [0, 0.05) is 17.6 Å². The molecule has 0 aromatic carbocycles. The van der Waals surface area contributed by atoms with E-state index >= 15 is 0 Å². The lowest BCUT2D eigenvalue weighted by Gasteiger charge is -1.96.